The van der Waals surface area contributed by atoms with Crippen molar-refractivity contribution in [3.05, 3.63) is 68.0 Å². The SMILES string of the molecule is Cc1nn(-c2ccccc2)c2c(=O)c(I)cccc12. The summed E-state index contributed by atoms with van der Waals surface area (Å²) in [5, 5.41) is 5.40. The lowest BCUT2D eigenvalue weighted by Gasteiger charge is -2.01. The number of hydrogen-bond acceptors (Lipinski definition) is 2. The second-order valence-electron chi connectivity index (χ2n) is 4.30. The lowest BCUT2D eigenvalue weighted by atomic mass is 10.2. The molecule has 2 aromatic carbocycles. The predicted molar refractivity (Wildman–Crippen MR) is 84.8 cm³/mol. The molecule has 1 aromatic heterocycles. The number of hydrogen-bond donors (Lipinski definition) is 0. The number of aromatic nitrogens is 2. The van der Waals surface area contributed by atoms with Gasteiger partial charge in [0, 0.05) is 5.39 Å². The van der Waals surface area contributed by atoms with E-state index in [1.165, 1.54) is 0 Å². The molecule has 0 spiro atoms. The highest BCUT2D eigenvalue weighted by atomic mass is 127. The van der Waals surface area contributed by atoms with Crippen molar-refractivity contribution in [3.8, 4) is 5.69 Å². The summed E-state index contributed by atoms with van der Waals surface area (Å²) < 4.78 is 2.43. The molecule has 0 atom stereocenters. The van der Waals surface area contributed by atoms with Gasteiger partial charge in [0.15, 0.2) is 0 Å². The van der Waals surface area contributed by atoms with Gasteiger partial charge in [0.05, 0.1) is 15.0 Å². The molecule has 19 heavy (non-hydrogen) atoms. The van der Waals surface area contributed by atoms with Crippen LogP contribution in [-0.2, 0) is 0 Å². The number of aryl methyl sites for hydroxylation is 1. The Bertz CT molecular complexity index is 809. The Kier molecular flexibility index (Phi) is 3.10. The van der Waals surface area contributed by atoms with Gasteiger partial charge in [-0.05, 0) is 47.7 Å². The Balaban J connectivity index is 2.49. The van der Waals surface area contributed by atoms with Gasteiger partial charge in [-0.2, -0.15) is 5.10 Å². The molecule has 0 unspecified atom stereocenters. The quantitative estimate of drug-likeness (QED) is 0.623. The Labute approximate surface area is 124 Å². The lowest BCUT2D eigenvalue weighted by Crippen LogP contribution is -2.08. The normalized spacial score (nSPS) is 10.8. The molecule has 0 fully saturated rings. The first-order chi connectivity index (χ1) is 9.18. The third kappa shape index (κ3) is 2.06. The zero-order valence-electron chi connectivity index (χ0n) is 10.3. The van der Waals surface area contributed by atoms with Crippen LogP contribution in [0.1, 0.15) is 5.69 Å². The van der Waals surface area contributed by atoms with Crippen LogP contribution in [-0.4, -0.2) is 9.78 Å². The van der Waals surface area contributed by atoms with Crippen LogP contribution in [0.5, 0.6) is 0 Å². The van der Waals surface area contributed by atoms with E-state index >= 15 is 0 Å². The number of halogens is 1. The Morgan fingerprint density at radius 2 is 1.79 bits per heavy atom. The van der Waals surface area contributed by atoms with Gasteiger partial charge in [0.1, 0.15) is 5.52 Å². The summed E-state index contributed by atoms with van der Waals surface area (Å²) in [5.41, 5.74) is 2.42. The molecule has 3 aromatic rings. The molecule has 94 valence electrons. The van der Waals surface area contributed by atoms with Gasteiger partial charge in [0.25, 0.3) is 0 Å². The molecule has 4 heteroatoms. The molecule has 0 bridgehead atoms. The monoisotopic (exact) mass is 362 g/mol. The third-order valence-electron chi connectivity index (χ3n) is 3.04. The van der Waals surface area contributed by atoms with Crippen molar-refractivity contribution >= 4 is 33.5 Å². The van der Waals surface area contributed by atoms with E-state index in [2.05, 4.69) is 27.7 Å². The first kappa shape index (κ1) is 12.3. The van der Waals surface area contributed by atoms with Crippen LogP contribution in [0.15, 0.2) is 53.3 Å². The van der Waals surface area contributed by atoms with Crippen LogP contribution in [0.25, 0.3) is 16.6 Å². The highest BCUT2D eigenvalue weighted by Crippen LogP contribution is 2.19. The fraction of sp³-hybridized carbons (Fsp3) is 0.0667. The minimum absolute atomic E-state index is 0.0186. The second kappa shape index (κ2) is 4.77. The topological polar surface area (TPSA) is 34.9 Å². The molecule has 1 heterocycles. The van der Waals surface area contributed by atoms with E-state index in [4.69, 9.17) is 0 Å². The molecule has 0 saturated heterocycles. The maximum atomic E-state index is 12.5. The molecule has 0 aliphatic rings. The lowest BCUT2D eigenvalue weighted by molar-refractivity contribution is 0.886. The number of nitrogens with zero attached hydrogens (tertiary/aromatic N) is 2. The molecule has 0 radical (unpaired) electrons. The summed E-state index contributed by atoms with van der Waals surface area (Å²) in [6.45, 7) is 1.92. The van der Waals surface area contributed by atoms with Crippen LogP contribution >= 0.6 is 22.6 Å². The Hall–Kier alpha value is -1.69. The van der Waals surface area contributed by atoms with Gasteiger partial charge in [-0.1, -0.05) is 30.3 Å². The number of rotatable bonds is 1. The van der Waals surface area contributed by atoms with E-state index < -0.39 is 0 Å². The highest BCUT2D eigenvalue weighted by Gasteiger charge is 2.12. The summed E-state index contributed by atoms with van der Waals surface area (Å²) >= 11 is 2.07. The first-order valence-electron chi connectivity index (χ1n) is 5.92. The van der Waals surface area contributed by atoms with Gasteiger partial charge in [0.2, 0.25) is 5.43 Å². The zero-order valence-corrected chi connectivity index (χ0v) is 12.5. The van der Waals surface area contributed by atoms with Crippen LogP contribution in [0.3, 0.4) is 0 Å². The average molecular weight is 362 g/mol. The molecular weight excluding hydrogens is 351 g/mol. The summed E-state index contributed by atoms with van der Waals surface area (Å²) in [6, 6.07) is 15.4. The minimum atomic E-state index is 0.0186. The van der Waals surface area contributed by atoms with Crippen molar-refractivity contribution < 1.29 is 0 Å². The van der Waals surface area contributed by atoms with E-state index in [1.54, 1.807) is 4.68 Å². The van der Waals surface area contributed by atoms with Crippen LogP contribution in [0.2, 0.25) is 0 Å². The van der Waals surface area contributed by atoms with Crippen molar-refractivity contribution in [1.29, 1.82) is 0 Å². The molecule has 3 nitrogen and oxygen atoms in total. The number of benzene rings is 1. The molecule has 0 N–H and O–H groups in total. The van der Waals surface area contributed by atoms with E-state index in [-0.39, 0.29) is 5.43 Å². The largest absolute Gasteiger partial charge is 0.286 e. The van der Waals surface area contributed by atoms with Crippen molar-refractivity contribution in [2.45, 2.75) is 6.92 Å². The Morgan fingerprint density at radius 1 is 1.05 bits per heavy atom. The maximum absolute atomic E-state index is 12.5. The Morgan fingerprint density at radius 3 is 2.53 bits per heavy atom. The van der Waals surface area contributed by atoms with Crippen molar-refractivity contribution in [3.63, 3.8) is 0 Å². The van der Waals surface area contributed by atoms with Gasteiger partial charge in [-0.15, -0.1) is 0 Å². The van der Waals surface area contributed by atoms with Crippen molar-refractivity contribution in [1.82, 2.24) is 9.78 Å². The van der Waals surface area contributed by atoms with Gasteiger partial charge in [-0.25, -0.2) is 4.68 Å². The molecule has 0 aliphatic heterocycles. The van der Waals surface area contributed by atoms with Gasteiger partial charge >= 0.3 is 0 Å². The number of fused-ring (bicyclic) bond motifs is 1. The second-order valence-corrected chi connectivity index (χ2v) is 5.46. The zero-order chi connectivity index (χ0) is 13.4. The standard InChI is InChI=1S/C15H11IN2O/c1-10-12-8-5-9-13(16)15(19)14(12)18(17-10)11-6-3-2-4-7-11/h2-9H,1H3. The summed E-state index contributed by atoms with van der Waals surface area (Å²) in [7, 11) is 0. The fourth-order valence-electron chi connectivity index (χ4n) is 2.13. The van der Waals surface area contributed by atoms with Crippen LogP contribution in [0, 0.1) is 10.5 Å². The molecule has 3 rings (SSSR count). The van der Waals surface area contributed by atoms with Crippen molar-refractivity contribution in [2.75, 3.05) is 0 Å². The molecule has 0 aliphatic carbocycles. The van der Waals surface area contributed by atoms with Crippen LogP contribution < -0.4 is 5.43 Å². The average Bonchev–Trinajstić information content (AvgIpc) is 2.68. The molecule has 0 amide bonds. The van der Waals surface area contributed by atoms with E-state index in [1.807, 2.05) is 55.5 Å². The fourth-order valence-corrected chi connectivity index (χ4v) is 2.59. The first-order valence-corrected chi connectivity index (χ1v) is 7.00. The minimum Gasteiger partial charge on any atom is -0.286 e. The predicted octanol–water partition coefficient (Wildman–Crippen LogP) is 3.30. The highest BCUT2D eigenvalue weighted by molar-refractivity contribution is 14.1. The summed E-state index contributed by atoms with van der Waals surface area (Å²) in [6.07, 6.45) is 0. The van der Waals surface area contributed by atoms with E-state index in [0.717, 1.165) is 16.8 Å². The van der Waals surface area contributed by atoms with Gasteiger partial charge < -0.3 is 0 Å². The third-order valence-corrected chi connectivity index (χ3v) is 3.89. The summed E-state index contributed by atoms with van der Waals surface area (Å²) in [4.78, 5) is 12.5. The smallest absolute Gasteiger partial charge is 0.218 e. The molecular formula is C15H11IN2O. The summed E-state index contributed by atoms with van der Waals surface area (Å²) in [5.74, 6) is 0. The van der Waals surface area contributed by atoms with Gasteiger partial charge in [-0.3, -0.25) is 4.79 Å². The van der Waals surface area contributed by atoms with E-state index in [9.17, 15) is 4.79 Å². The molecule has 0 saturated carbocycles. The number of para-hydroxylation sites is 1. The van der Waals surface area contributed by atoms with E-state index in [0.29, 0.717) is 9.09 Å². The van der Waals surface area contributed by atoms with Crippen molar-refractivity contribution in [2.24, 2.45) is 0 Å². The maximum Gasteiger partial charge on any atom is 0.218 e. The van der Waals surface area contributed by atoms with Crippen LogP contribution in [0.4, 0.5) is 0 Å².